The van der Waals surface area contributed by atoms with Crippen molar-refractivity contribution < 1.29 is 23.9 Å². The van der Waals surface area contributed by atoms with Gasteiger partial charge < -0.3 is 10.8 Å². The van der Waals surface area contributed by atoms with E-state index in [9.17, 15) is 0 Å². The van der Waals surface area contributed by atoms with Crippen molar-refractivity contribution in [2.24, 2.45) is 0 Å². The first-order valence-electron chi connectivity index (χ1n) is 1.53. The third-order valence-corrected chi connectivity index (χ3v) is 0.853. The first-order chi connectivity index (χ1) is 2.81. The van der Waals surface area contributed by atoms with Gasteiger partial charge in [-0.05, 0) is 0 Å². The van der Waals surface area contributed by atoms with E-state index < -0.39 is 0 Å². The van der Waals surface area contributed by atoms with Crippen LogP contribution in [-0.2, 0) is 23.9 Å². The molecule has 0 aromatic heterocycles. The van der Waals surface area contributed by atoms with Gasteiger partial charge in [-0.25, -0.2) is 0 Å². The predicted molar refractivity (Wildman–Crippen MR) is 27.4 cm³/mol. The maximum absolute atomic E-state index is 4.87. The predicted octanol–water partition coefficient (Wildman–Crippen LogP) is -0.266. The minimum absolute atomic E-state index is 0. The van der Waals surface area contributed by atoms with E-state index in [1.54, 1.807) is 6.92 Å². The van der Waals surface area contributed by atoms with Crippen LogP contribution >= 0.6 is 0 Å². The molecule has 0 aromatic carbocycles. The zero-order chi connectivity index (χ0) is 4.99. The third kappa shape index (κ3) is 8.97. The molecular formula is C4H6ORfRhSi-. The number of rotatable bonds is 1. The van der Waals surface area contributed by atoms with Gasteiger partial charge >= 0.3 is 0 Å². The third-order valence-electron chi connectivity index (χ3n) is 0.420. The Morgan fingerprint density at radius 1 is 1.75 bits per heavy atom. The Bertz CT molecular complexity index is 72.9. The van der Waals surface area contributed by atoms with Gasteiger partial charge in [0.1, 0.15) is 0 Å². The van der Waals surface area contributed by atoms with Crippen LogP contribution in [0, 0.1) is 18.4 Å². The fourth-order valence-electron chi connectivity index (χ4n) is 0.0417. The van der Waals surface area contributed by atoms with E-state index in [2.05, 4.69) is 10.3 Å². The first kappa shape index (κ1) is 15.7. The van der Waals surface area contributed by atoms with Gasteiger partial charge in [-0.2, -0.15) is 0 Å². The molecule has 1 nitrogen and oxygen atoms in total. The van der Waals surface area contributed by atoms with Crippen molar-refractivity contribution in [1.82, 2.24) is 0 Å². The molecule has 0 bridgehead atoms. The molecule has 0 heterocycles. The second-order valence-electron chi connectivity index (χ2n) is 0.845. The summed E-state index contributed by atoms with van der Waals surface area (Å²) in [5.41, 5.74) is 0. The van der Waals surface area contributed by atoms with Crippen LogP contribution in [0.25, 0.3) is 0 Å². The molecule has 0 saturated heterocycles. The molecular weight excluding hydrogens is 462 g/mol. The van der Waals surface area contributed by atoms with E-state index in [1.807, 2.05) is 0 Å². The Labute approximate surface area is 60.1 Å². The standard InChI is InChI=1S/C4H6OSi.Rf.Rh/c1-3-4(2)5-6;;/h1H,6H2,2H3;;/q-1;;. The first-order valence-corrected chi connectivity index (χ1v) is 2.11. The molecule has 0 spiro atoms. The quantitative estimate of drug-likeness (QED) is 0.293. The minimum Gasteiger partial charge on any atom is -0.475 e. The van der Waals surface area contributed by atoms with Crippen LogP contribution < -0.4 is 0 Å². The Balaban J connectivity index is -0.000000125. The normalized spacial score (nSPS) is 5.12. The van der Waals surface area contributed by atoms with Crippen molar-refractivity contribution in [3.63, 3.8) is 0 Å². The number of hydrogen-bond acceptors (Lipinski definition) is 1. The molecule has 44 valence electrons. The second kappa shape index (κ2) is 9.52. The number of hydrogen-bond donors (Lipinski definition) is 0. The average molecular weight is 468 g/mol. The molecule has 0 aliphatic carbocycles. The second-order valence-corrected chi connectivity index (χ2v) is 1.13. The molecule has 0 amide bonds. The van der Waals surface area contributed by atoms with Gasteiger partial charge in [0.2, 0.25) is 0 Å². The van der Waals surface area contributed by atoms with Crippen molar-refractivity contribution in [1.29, 1.82) is 0 Å². The van der Waals surface area contributed by atoms with Gasteiger partial charge in [0, 0.05) is 19.5 Å². The molecule has 2 radical (unpaired) electrons. The Morgan fingerprint density at radius 3 is 2.12 bits per heavy atom. The van der Waals surface area contributed by atoms with E-state index in [-0.39, 0.29) is 19.5 Å². The monoisotopic (exact) mass is 468 g/mol. The molecule has 0 saturated carbocycles. The smallest absolute Gasteiger partial charge is 0.155 e. The zero-order valence-electron chi connectivity index (χ0n) is 4.73. The van der Waals surface area contributed by atoms with E-state index in [0.29, 0.717) is 6.10 Å². The van der Waals surface area contributed by atoms with Crippen LogP contribution in [-0.4, -0.2) is 10.5 Å². The van der Waals surface area contributed by atoms with E-state index in [4.69, 9.17) is 6.42 Å². The van der Waals surface area contributed by atoms with Crippen LogP contribution in [0.1, 0.15) is 6.92 Å². The fourth-order valence-corrected chi connectivity index (χ4v) is 0.125. The molecule has 0 fully saturated rings. The molecule has 0 N–H and O–H groups in total. The molecule has 8 heavy (non-hydrogen) atoms. The minimum atomic E-state index is 0. The fraction of sp³-hybridized carbons (Fsp3) is 0.250. The van der Waals surface area contributed by atoms with Crippen LogP contribution in [0.2, 0.25) is 0 Å². The van der Waals surface area contributed by atoms with Crippen molar-refractivity contribution in [3.05, 3.63) is 6.10 Å². The van der Waals surface area contributed by atoms with E-state index in [1.165, 1.54) is 10.5 Å². The van der Waals surface area contributed by atoms with Crippen LogP contribution in [0.3, 0.4) is 0 Å². The van der Waals surface area contributed by atoms with Gasteiger partial charge in [0.15, 0.2) is 10.5 Å². The summed E-state index contributed by atoms with van der Waals surface area (Å²) in [6.07, 6.45) is 5.51. The van der Waals surface area contributed by atoms with Gasteiger partial charge in [-0.3, -0.25) is 5.92 Å². The largest absolute Gasteiger partial charge is 0.475 e. The molecule has 4 heteroatoms. The molecule has 0 aromatic rings. The van der Waals surface area contributed by atoms with Gasteiger partial charge in [0.25, 0.3) is 0 Å². The summed E-state index contributed by atoms with van der Waals surface area (Å²) in [6.45, 7) is 1.74. The molecule has 0 rings (SSSR count). The number of terminal acetylenes is 1. The van der Waals surface area contributed by atoms with Gasteiger partial charge in [-0.15, -0.1) is 0 Å². The summed E-state index contributed by atoms with van der Waals surface area (Å²) in [5.74, 6) is 2.32. The SMILES string of the molecule is C#C[C-](C)O[SiH2].[Rf].[Rh]. The van der Waals surface area contributed by atoms with Crippen molar-refractivity contribution in [3.8, 4) is 12.3 Å². The Kier molecular flexibility index (Phi) is 18.7. The maximum atomic E-state index is 4.87. The molecule has 0 aliphatic rings. The summed E-state index contributed by atoms with van der Waals surface area (Å²) in [6, 6.07) is 0. The summed E-state index contributed by atoms with van der Waals surface area (Å²) in [4.78, 5) is 0. The Morgan fingerprint density at radius 2 is 2.12 bits per heavy atom. The van der Waals surface area contributed by atoms with Crippen LogP contribution in [0.5, 0.6) is 0 Å². The van der Waals surface area contributed by atoms with Crippen molar-refractivity contribution in [2.45, 2.75) is 6.92 Å². The van der Waals surface area contributed by atoms with Gasteiger partial charge in [0.05, 0.1) is 0 Å². The summed E-state index contributed by atoms with van der Waals surface area (Å²) in [5, 5.41) is 0. The van der Waals surface area contributed by atoms with E-state index >= 15 is 0 Å². The van der Waals surface area contributed by atoms with Crippen LogP contribution in [0.15, 0.2) is 0 Å². The van der Waals surface area contributed by atoms with Gasteiger partial charge in [-0.1, -0.05) is 13.0 Å². The topological polar surface area (TPSA) is 9.23 Å². The van der Waals surface area contributed by atoms with Crippen molar-refractivity contribution >= 4 is 10.5 Å². The summed E-state index contributed by atoms with van der Waals surface area (Å²) >= 11 is 0. The van der Waals surface area contributed by atoms with Crippen LogP contribution in [0.4, 0.5) is 0 Å². The molecule has 0 aliphatic heterocycles. The van der Waals surface area contributed by atoms with E-state index in [0.717, 1.165) is 0 Å². The molecule has 0 unspecified atom stereocenters. The zero-order valence-corrected chi connectivity index (χ0v) is 14.2. The summed E-state index contributed by atoms with van der Waals surface area (Å²) < 4.78 is 4.61. The summed E-state index contributed by atoms with van der Waals surface area (Å²) in [7, 11) is 1.38. The molecule has 0 atom stereocenters. The Hall–Kier alpha value is -0.770. The van der Waals surface area contributed by atoms with Crippen molar-refractivity contribution in [2.75, 3.05) is 0 Å². The average Bonchev–Trinajstić information content (AvgIpc) is 1.65. The maximum Gasteiger partial charge on any atom is 0.155 e.